The monoisotopic (exact) mass is 528 g/mol. The number of halogens is 1. The molecule has 10 heteroatoms. The highest BCUT2D eigenvalue weighted by molar-refractivity contribution is 6.74. The first kappa shape index (κ1) is 27.4. The topological polar surface area (TPSA) is 97.5 Å². The Morgan fingerprint density at radius 3 is 2.35 bits per heavy atom. The van der Waals surface area contributed by atoms with Gasteiger partial charge in [0.25, 0.3) is 0 Å². The molecule has 1 amide bonds. The number of nitrogens with zero attached hydrogens (tertiary/aromatic N) is 5. The first-order chi connectivity index (χ1) is 17.0. The zero-order valence-corrected chi connectivity index (χ0v) is 24.6. The minimum absolute atomic E-state index is 0.0220. The predicted octanol–water partition coefficient (Wildman–Crippen LogP) is 5.55. The maximum absolute atomic E-state index is 15.4. The maximum Gasteiger partial charge on any atom is 0.243 e. The second-order valence-electron chi connectivity index (χ2n) is 12.9. The van der Waals surface area contributed by atoms with Crippen LogP contribution in [-0.2, 0) is 21.2 Å². The van der Waals surface area contributed by atoms with Crippen molar-refractivity contribution < 1.29 is 13.6 Å². The van der Waals surface area contributed by atoms with Crippen LogP contribution in [-0.4, -0.2) is 42.3 Å². The zero-order valence-electron chi connectivity index (χ0n) is 23.6. The SMILES string of the molecule is C[C@@H]1C[C@H](C)CN(c2ncc(N3C(=O)C(C)(C)c4c(N)nc(CO[Si](C)(C)C(C)(C)C)nc43)cc2F)C1. The molecule has 0 aromatic carbocycles. The fraction of sp³-hybridized carbons (Fsp3) is 0.630. The molecule has 0 bridgehead atoms. The number of piperidine rings is 1. The molecule has 2 aromatic rings. The number of pyridine rings is 1. The van der Waals surface area contributed by atoms with Crippen LogP contribution in [0.2, 0.25) is 18.1 Å². The van der Waals surface area contributed by atoms with E-state index >= 15 is 4.39 Å². The largest absolute Gasteiger partial charge is 0.409 e. The summed E-state index contributed by atoms with van der Waals surface area (Å²) in [6.07, 6.45) is 2.67. The number of nitrogen functional groups attached to an aromatic ring is 1. The highest BCUT2D eigenvalue weighted by atomic mass is 28.4. The summed E-state index contributed by atoms with van der Waals surface area (Å²) in [5.41, 5.74) is 6.28. The first-order valence-electron chi connectivity index (χ1n) is 13.1. The molecule has 0 unspecified atom stereocenters. The molecule has 2 aliphatic rings. The molecule has 8 nitrogen and oxygen atoms in total. The molecule has 1 fully saturated rings. The lowest BCUT2D eigenvalue weighted by Gasteiger charge is -2.36. The fourth-order valence-corrected chi connectivity index (χ4v) is 6.06. The highest BCUT2D eigenvalue weighted by Gasteiger charge is 2.48. The standard InChI is InChI=1S/C27H41FN6O2Si/c1-16-10-17(2)14-33(13-16)23-19(28)11-18(12-30-23)34-24-21(27(6,7)25(34)35)22(29)31-20(32-24)15-36-37(8,9)26(3,4)5/h11-12,16-17H,10,13-15H2,1-9H3,(H2,29,31,32)/t16-,17+. The third kappa shape index (κ3) is 4.97. The summed E-state index contributed by atoms with van der Waals surface area (Å²) in [4.78, 5) is 30.7. The highest BCUT2D eigenvalue weighted by Crippen LogP contribution is 2.47. The molecule has 2 aliphatic heterocycles. The molecule has 0 spiro atoms. The molecular weight excluding hydrogens is 487 g/mol. The molecule has 1 saturated heterocycles. The van der Waals surface area contributed by atoms with Gasteiger partial charge in [-0.05, 0) is 50.2 Å². The first-order valence-corrected chi connectivity index (χ1v) is 16.0. The molecule has 2 N–H and O–H groups in total. The second kappa shape index (κ2) is 9.30. The van der Waals surface area contributed by atoms with Gasteiger partial charge in [0, 0.05) is 19.2 Å². The van der Waals surface area contributed by atoms with Gasteiger partial charge in [-0.15, -0.1) is 0 Å². The van der Waals surface area contributed by atoms with Gasteiger partial charge in [-0.2, -0.15) is 0 Å². The molecule has 0 radical (unpaired) electrons. The molecule has 2 aromatic heterocycles. The van der Waals surface area contributed by atoms with E-state index in [4.69, 9.17) is 15.1 Å². The molecule has 202 valence electrons. The van der Waals surface area contributed by atoms with Gasteiger partial charge in [0.15, 0.2) is 25.8 Å². The van der Waals surface area contributed by atoms with Gasteiger partial charge in [0.1, 0.15) is 11.6 Å². The number of carbonyl (C=O) groups excluding carboxylic acids is 1. The number of nitrogens with two attached hydrogens (primary N) is 1. The van der Waals surface area contributed by atoms with E-state index in [-0.39, 0.29) is 23.4 Å². The lowest BCUT2D eigenvalue weighted by molar-refractivity contribution is -0.121. The number of anilines is 4. The van der Waals surface area contributed by atoms with E-state index in [1.165, 1.54) is 11.0 Å². The van der Waals surface area contributed by atoms with Crippen LogP contribution in [0.4, 0.5) is 27.5 Å². The molecular formula is C27H41FN6O2Si. The van der Waals surface area contributed by atoms with Crippen LogP contribution in [0.5, 0.6) is 0 Å². The molecule has 4 heterocycles. The van der Waals surface area contributed by atoms with Crippen LogP contribution < -0.4 is 15.5 Å². The second-order valence-corrected chi connectivity index (χ2v) is 17.7. The Morgan fingerprint density at radius 1 is 1.16 bits per heavy atom. The van der Waals surface area contributed by atoms with Crippen LogP contribution >= 0.6 is 0 Å². The van der Waals surface area contributed by atoms with Gasteiger partial charge in [0.05, 0.1) is 29.5 Å². The van der Waals surface area contributed by atoms with Crippen molar-refractivity contribution in [3.8, 4) is 0 Å². The van der Waals surface area contributed by atoms with Gasteiger partial charge in [-0.1, -0.05) is 34.6 Å². The van der Waals surface area contributed by atoms with Gasteiger partial charge >= 0.3 is 0 Å². The Balaban J connectivity index is 1.70. The summed E-state index contributed by atoms with van der Waals surface area (Å²) >= 11 is 0. The zero-order chi connectivity index (χ0) is 27.5. The van der Waals surface area contributed by atoms with Crippen LogP contribution in [0.15, 0.2) is 12.3 Å². The Hall–Kier alpha value is -2.59. The summed E-state index contributed by atoms with van der Waals surface area (Å²) in [6.45, 7) is 20.4. The lowest BCUT2D eigenvalue weighted by Crippen LogP contribution is -2.40. The fourth-order valence-electron chi connectivity index (χ4n) is 5.13. The Morgan fingerprint density at radius 2 is 1.78 bits per heavy atom. The summed E-state index contributed by atoms with van der Waals surface area (Å²) < 4.78 is 21.8. The molecule has 0 aliphatic carbocycles. The lowest BCUT2D eigenvalue weighted by atomic mass is 9.87. The number of carbonyl (C=O) groups is 1. The van der Waals surface area contributed by atoms with Crippen molar-refractivity contribution in [1.29, 1.82) is 0 Å². The van der Waals surface area contributed by atoms with Gasteiger partial charge < -0.3 is 15.1 Å². The van der Waals surface area contributed by atoms with Crippen molar-refractivity contribution in [2.75, 3.05) is 28.6 Å². The number of amides is 1. The number of hydrogen-bond donors (Lipinski definition) is 1. The van der Waals surface area contributed by atoms with E-state index in [0.717, 1.165) is 19.5 Å². The van der Waals surface area contributed by atoms with E-state index in [1.54, 1.807) is 20.0 Å². The average molecular weight is 529 g/mol. The number of aromatic nitrogens is 3. The van der Waals surface area contributed by atoms with E-state index in [9.17, 15) is 4.79 Å². The maximum atomic E-state index is 15.4. The van der Waals surface area contributed by atoms with E-state index in [2.05, 4.69) is 57.7 Å². The predicted molar refractivity (Wildman–Crippen MR) is 148 cm³/mol. The van der Waals surface area contributed by atoms with Gasteiger partial charge in [-0.3, -0.25) is 9.69 Å². The van der Waals surface area contributed by atoms with Crippen LogP contribution in [0.25, 0.3) is 0 Å². The quantitative estimate of drug-likeness (QED) is 0.508. The van der Waals surface area contributed by atoms with Crippen molar-refractivity contribution in [3.63, 3.8) is 0 Å². The van der Waals surface area contributed by atoms with Gasteiger partial charge in [0.2, 0.25) is 5.91 Å². The van der Waals surface area contributed by atoms with Crippen LogP contribution in [0, 0.1) is 17.7 Å². The molecule has 37 heavy (non-hydrogen) atoms. The summed E-state index contributed by atoms with van der Waals surface area (Å²) in [5.74, 6) is 1.54. The Labute approximate surface area is 221 Å². The number of fused-ring (bicyclic) bond motifs is 1. The summed E-state index contributed by atoms with van der Waals surface area (Å²) in [7, 11) is -2.06. The minimum atomic E-state index is -2.06. The van der Waals surface area contributed by atoms with E-state index in [0.29, 0.717) is 40.5 Å². The molecule has 2 atom stereocenters. The van der Waals surface area contributed by atoms with Crippen molar-refractivity contribution in [1.82, 2.24) is 15.0 Å². The van der Waals surface area contributed by atoms with E-state index < -0.39 is 19.5 Å². The number of rotatable bonds is 5. The normalized spacial score (nSPS) is 21.9. The van der Waals surface area contributed by atoms with Crippen molar-refractivity contribution in [3.05, 3.63) is 29.5 Å². The van der Waals surface area contributed by atoms with Crippen molar-refractivity contribution in [2.45, 2.75) is 85.0 Å². The van der Waals surface area contributed by atoms with E-state index in [1.807, 2.05) is 4.90 Å². The minimum Gasteiger partial charge on any atom is -0.409 e. The summed E-state index contributed by atoms with van der Waals surface area (Å²) in [6, 6.07) is 1.37. The Bertz CT molecular complexity index is 1200. The average Bonchev–Trinajstić information content (AvgIpc) is 2.96. The Kier molecular flexibility index (Phi) is 6.90. The van der Waals surface area contributed by atoms with Gasteiger partial charge in [-0.25, -0.2) is 19.3 Å². The smallest absolute Gasteiger partial charge is 0.243 e. The molecule has 4 rings (SSSR count). The van der Waals surface area contributed by atoms with Crippen LogP contribution in [0.3, 0.4) is 0 Å². The molecule has 0 saturated carbocycles. The third-order valence-corrected chi connectivity index (χ3v) is 12.6. The summed E-state index contributed by atoms with van der Waals surface area (Å²) in [5, 5.41) is 0.0220. The van der Waals surface area contributed by atoms with Crippen molar-refractivity contribution >= 4 is 37.4 Å². The van der Waals surface area contributed by atoms with Crippen LogP contribution in [0.1, 0.15) is 66.3 Å². The third-order valence-electron chi connectivity index (χ3n) is 8.14. The van der Waals surface area contributed by atoms with Crippen molar-refractivity contribution in [2.24, 2.45) is 11.8 Å². The number of hydrogen-bond acceptors (Lipinski definition) is 7.